The van der Waals surface area contributed by atoms with E-state index in [-0.39, 0.29) is 17.0 Å². The number of aryl methyl sites for hydroxylation is 2. The second kappa shape index (κ2) is 5.19. The average molecular weight is 287 g/mol. The molecule has 2 unspecified atom stereocenters. The van der Waals surface area contributed by atoms with Crippen LogP contribution < -0.4 is 4.72 Å². The van der Waals surface area contributed by atoms with Crippen molar-refractivity contribution < 1.29 is 17.5 Å². The molecule has 6 heteroatoms. The molecule has 1 aromatic carbocycles. The van der Waals surface area contributed by atoms with Gasteiger partial charge in [0.1, 0.15) is 5.82 Å². The Kier molecular flexibility index (Phi) is 3.94. The van der Waals surface area contributed by atoms with Crippen LogP contribution in [-0.2, 0) is 14.8 Å². The van der Waals surface area contributed by atoms with Crippen LogP contribution in [-0.4, -0.2) is 27.2 Å². The second-order valence-corrected chi connectivity index (χ2v) is 6.61. The fraction of sp³-hybridized carbons (Fsp3) is 0.538. The maximum Gasteiger partial charge on any atom is 0.241 e. The number of halogens is 1. The highest BCUT2D eigenvalue weighted by atomic mass is 32.2. The van der Waals surface area contributed by atoms with Crippen molar-refractivity contribution in [3.63, 3.8) is 0 Å². The van der Waals surface area contributed by atoms with E-state index < -0.39 is 15.8 Å². The van der Waals surface area contributed by atoms with Gasteiger partial charge in [0.05, 0.1) is 17.0 Å². The van der Waals surface area contributed by atoms with E-state index in [0.717, 1.165) is 0 Å². The van der Waals surface area contributed by atoms with Crippen molar-refractivity contribution in [2.45, 2.75) is 44.2 Å². The van der Waals surface area contributed by atoms with Gasteiger partial charge in [-0.3, -0.25) is 0 Å². The van der Waals surface area contributed by atoms with Crippen LogP contribution >= 0.6 is 0 Å². The van der Waals surface area contributed by atoms with E-state index in [1.54, 1.807) is 13.8 Å². The van der Waals surface area contributed by atoms with Crippen molar-refractivity contribution >= 4 is 10.0 Å². The number of nitrogens with one attached hydrogen (secondary N) is 1. The molecule has 0 amide bonds. The van der Waals surface area contributed by atoms with Crippen LogP contribution in [0.5, 0.6) is 0 Å². The first-order chi connectivity index (χ1) is 8.81. The zero-order valence-corrected chi connectivity index (χ0v) is 12.1. The van der Waals surface area contributed by atoms with Gasteiger partial charge in [0, 0.05) is 6.61 Å². The molecule has 0 spiro atoms. The lowest BCUT2D eigenvalue weighted by Crippen LogP contribution is -2.39. The predicted molar refractivity (Wildman–Crippen MR) is 70.0 cm³/mol. The molecule has 0 saturated carbocycles. The summed E-state index contributed by atoms with van der Waals surface area (Å²) in [4.78, 5) is 0.160. The van der Waals surface area contributed by atoms with Gasteiger partial charge in [0.25, 0.3) is 0 Å². The Bertz CT molecular complexity index is 563. The number of hydrogen-bond donors (Lipinski definition) is 1. The minimum atomic E-state index is -3.65. The zero-order chi connectivity index (χ0) is 14.2. The lowest BCUT2D eigenvalue weighted by Gasteiger charge is -2.18. The van der Waals surface area contributed by atoms with Crippen molar-refractivity contribution in [2.24, 2.45) is 0 Å². The van der Waals surface area contributed by atoms with E-state index in [1.807, 2.05) is 6.92 Å². The van der Waals surface area contributed by atoms with Crippen LogP contribution in [0.1, 0.15) is 24.5 Å². The quantitative estimate of drug-likeness (QED) is 0.923. The van der Waals surface area contributed by atoms with Crippen molar-refractivity contribution in [1.82, 2.24) is 4.72 Å². The molecule has 4 nitrogen and oxygen atoms in total. The van der Waals surface area contributed by atoms with E-state index in [1.165, 1.54) is 12.1 Å². The van der Waals surface area contributed by atoms with Gasteiger partial charge in [0.15, 0.2) is 0 Å². The Balaban J connectivity index is 2.34. The molecule has 0 radical (unpaired) electrons. The first kappa shape index (κ1) is 14.4. The van der Waals surface area contributed by atoms with Crippen LogP contribution in [0, 0.1) is 19.7 Å². The molecule has 1 aliphatic heterocycles. The first-order valence-electron chi connectivity index (χ1n) is 6.22. The normalized spacial score (nSPS) is 23.8. The molecule has 1 fully saturated rings. The summed E-state index contributed by atoms with van der Waals surface area (Å²) in [6, 6.07) is 2.24. The number of ether oxygens (including phenoxy) is 1. The van der Waals surface area contributed by atoms with Crippen LogP contribution in [0.15, 0.2) is 17.0 Å². The molecule has 1 aliphatic rings. The number of rotatable bonds is 3. The third-order valence-electron chi connectivity index (χ3n) is 3.38. The van der Waals surface area contributed by atoms with Crippen LogP contribution in [0.3, 0.4) is 0 Å². The third kappa shape index (κ3) is 2.96. The number of hydrogen-bond acceptors (Lipinski definition) is 3. The number of sulfonamides is 1. The summed E-state index contributed by atoms with van der Waals surface area (Å²) < 4.78 is 46.0. The second-order valence-electron chi connectivity index (χ2n) is 4.96. The summed E-state index contributed by atoms with van der Waals surface area (Å²) in [5, 5.41) is 0. The molecular formula is C13H18FNO3S. The van der Waals surface area contributed by atoms with Gasteiger partial charge in [-0.15, -0.1) is 0 Å². The maximum atomic E-state index is 13.2. The Labute approximate surface area is 113 Å². The molecule has 1 saturated heterocycles. The van der Waals surface area contributed by atoms with Crippen molar-refractivity contribution in [3.05, 3.63) is 29.1 Å². The molecule has 1 aromatic rings. The average Bonchev–Trinajstić information content (AvgIpc) is 2.61. The van der Waals surface area contributed by atoms with Gasteiger partial charge in [-0.25, -0.2) is 17.5 Å². The zero-order valence-electron chi connectivity index (χ0n) is 11.2. The highest BCUT2D eigenvalue weighted by Gasteiger charge is 2.30. The molecule has 2 atom stereocenters. The first-order valence-corrected chi connectivity index (χ1v) is 7.70. The SMILES string of the molecule is Cc1cc(F)cc(C)c1S(=O)(=O)NC1CCOC1C. The fourth-order valence-electron chi connectivity index (χ4n) is 2.47. The molecular weight excluding hydrogens is 269 g/mol. The molecule has 0 aromatic heterocycles. The molecule has 0 aliphatic carbocycles. The largest absolute Gasteiger partial charge is 0.377 e. The van der Waals surface area contributed by atoms with Crippen LogP contribution in [0.4, 0.5) is 4.39 Å². The van der Waals surface area contributed by atoms with E-state index >= 15 is 0 Å². The molecule has 1 heterocycles. The molecule has 106 valence electrons. The monoisotopic (exact) mass is 287 g/mol. The minimum absolute atomic E-state index is 0.143. The smallest absolute Gasteiger partial charge is 0.241 e. The molecule has 1 N–H and O–H groups in total. The summed E-state index contributed by atoms with van der Waals surface area (Å²) in [6.07, 6.45) is 0.510. The summed E-state index contributed by atoms with van der Waals surface area (Å²) >= 11 is 0. The summed E-state index contributed by atoms with van der Waals surface area (Å²) in [5.74, 6) is -0.425. The van der Waals surface area contributed by atoms with E-state index in [4.69, 9.17) is 4.74 Å². The minimum Gasteiger partial charge on any atom is -0.377 e. The van der Waals surface area contributed by atoms with Gasteiger partial charge in [-0.05, 0) is 50.5 Å². The number of benzene rings is 1. The van der Waals surface area contributed by atoms with Gasteiger partial charge >= 0.3 is 0 Å². The fourth-order valence-corrected chi connectivity index (χ4v) is 4.26. The van der Waals surface area contributed by atoms with E-state index in [9.17, 15) is 12.8 Å². The Morgan fingerprint density at radius 1 is 1.32 bits per heavy atom. The summed E-state index contributed by atoms with van der Waals surface area (Å²) in [6.45, 7) is 5.58. The third-order valence-corrected chi connectivity index (χ3v) is 5.17. The maximum absolute atomic E-state index is 13.2. The van der Waals surface area contributed by atoms with Gasteiger partial charge < -0.3 is 4.74 Å². The van der Waals surface area contributed by atoms with Gasteiger partial charge in [0.2, 0.25) is 10.0 Å². The Morgan fingerprint density at radius 2 is 1.89 bits per heavy atom. The lowest BCUT2D eigenvalue weighted by atomic mass is 10.1. The van der Waals surface area contributed by atoms with Gasteiger partial charge in [-0.2, -0.15) is 0 Å². The summed E-state index contributed by atoms with van der Waals surface area (Å²) in [5.41, 5.74) is 0.827. The van der Waals surface area contributed by atoms with Crippen molar-refractivity contribution in [3.8, 4) is 0 Å². The lowest BCUT2D eigenvalue weighted by molar-refractivity contribution is 0.117. The van der Waals surface area contributed by atoms with Crippen LogP contribution in [0.2, 0.25) is 0 Å². The summed E-state index contributed by atoms with van der Waals surface area (Å²) in [7, 11) is -3.65. The predicted octanol–water partition coefficient (Wildman–Crippen LogP) is 1.90. The molecule has 19 heavy (non-hydrogen) atoms. The molecule has 2 rings (SSSR count). The highest BCUT2D eigenvalue weighted by Crippen LogP contribution is 2.23. The Hall–Kier alpha value is -0.980. The van der Waals surface area contributed by atoms with Gasteiger partial charge in [-0.1, -0.05) is 0 Å². The van der Waals surface area contributed by atoms with Crippen LogP contribution in [0.25, 0.3) is 0 Å². The van der Waals surface area contributed by atoms with E-state index in [0.29, 0.717) is 24.2 Å². The molecule has 0 bridgehead atoms. The highest BCUT2D eigenvalue weighted by molar-refractivity contribution is 7.89. The van der Waals surface area contributed by atoms with Crippen molar-refractivity contribution in [1.29, 1.82) is 0 Å². The van der Waals surface area contributed by atoms with Crippen molar-refractivity contribution in [2.75, 3.05) is 6.61 Å². The standard InChI is InChI=1S/C13H18FNO3S/c1-8-6-11(14)7-9(2)13(8)19(16,17)15-12-4-5-18-10(12)3/h6-7,10,12,15H,4-5H2,1-3H3. The van der Waals surface area contributed by atoms with E-state index in [2.05, 4.69) is 4.72 Å². The Morgan fingerprint density at radius 3 is 2.37 bits per heavy atom. The topological polar surface area (TPSA) is 55.4 Å².